The first-order chi connectivity index (χ1) is 13.7. The van der Waals surface area contributed by atoms with E-state index in [0.29, 0.717) is 35.7 Å². The van der Waals surface area contributed by atoms with Crippen LogP contribution in [0.5, 0.6) is 11.5 Å². The second-order valence-corrected chi connectivity index (χ2v) is 6.97. The molecule has 0 N–H and O–H groups in total. The Kier molecular flexibility index (Phi) is 9.26. The lowest BCUT2D eigenvalue weighted by molar-refractivity contribution is -0.118. The molecule has 0 fully saturated rings. The highest BCUT2D eigenvalue weighted by Gasteiger charge is 2.15. The van der Waals surface area contributed by atoms with Gasteiger partial charge in [0.1, 0.15) is 23.9 Å². The number of ketones is 1. The highest BCUT2D eigenvalue weighted by Crippen LogP contribution is 2.29. The summed E-state index contributed by atoms with van der Waals surface area (Å²) < 4.78 is 11.2. The number of hydrogen-bond donors (Lipinski definition) is 0. The van der Waals surface area contributed by atoms with Crippen LogP contribution in [0.4, 0.5) is 0 Å². The SMILES string of the molecule is CCCCCCCC(=O)Cc1cc(OCc2ccccc2)cc(OC)c1C=O. The van der Waals surface area contributed by atoms with Crippen LogP contribution >= 0.6 is 0 Å². The average molecular weight is 383 g/mol. The number of aldehydes is 1. The molecule has 28 heavy (non-hydrogen) atoms. The lowest BCUT2D eigenvalue weighted by Gasteiger charge is -2.14. The number of ether oxygens (including phenoxy) is 2. The zero-order valence-electron chi connectivity index (χ0n) is 16.9. The lowest BCUT2D eigenvalue weighted by atomic mass is 9.98. The van der Waals surface area contributed by atoms with Crippen LogP contribution in [0.3, 0.4) is 0 Å². The van der Waals surface area contributed by atoms with Crippen molar-refractivity contribution in [2.45, 2.75) is 58.5 Å². The number of methoxy groups -OCH3 is 1. The molecule has 0 bridgehead atoms. The van der Waals surface area contributed by atoms with Crippen molar-refractivity contribution in [1.29, 1.82) is 0 Å². The van der Waals surface area contributed by atoms with E-state index in [-0.39, 0.29) is 12.2 Å². The van der Waals surface area contributed by atoms with E-state index in [9.17, 15) is 9.59 Å². The predicted octanol–water partition coefficient (Wildman–Crippen LogP) is 5.56. The number of unbranched alkanes of at least 4 members (excludes halogenated alkanes) is 4. The number of Topliss-reactive ketones (excluding diaryl/α,β-unsaturated/α-hetero) is 1. The van der Waals surface area contributed by atoms with E-state index < -0.39 is 0 Å². The van der Waals surface area contributed by atoms with Gasteiger partial charge in [-0.25, -0.2) is 0 Å². The number of hydrogen-bond acceptors (Lipinski definition) is 4. The number of carbonyl (C=O) groups is 2. The smallest absolute Gasteiger partial charge is 0.154 e. The Balaban J connectivity index is 2.06. The molecule has 0 spiro atoms. The molecular formula is C24H30O4. The number of rotatable bonds is 13. The first-order valence-corrected chi connectivity index (χ1v) is 10.0. The minimum Gasteiger partial charge on any atom is -0.496 e. The Morgan fingerprint density at radius 2 is 1.79 bits per heavy atom. The zero-order valence-corrected chi connectivity index (χ0v) is 16.9. The molecule has 4 nitrogen and oxygen atoms in total. The van der Waals surface area contributed by atoms with Gasteiger partial charge in [0.15, 0.2) is 6.29 Å². The molecule has 2 aromatic carbocycles. The molecule has 0 aromatic heterocycles. The van der Waals surface area contributed by atoms with Gasteiger partial charge in [-0.2, -0.15) is 0 Å². The van der Waals surface area contributed by atoms with E-state index in [1.165, 1.54) is 26.4 Å². The lowest BCUT2D eigenvalue weighted by Crippen LogP contribution is -2.07. The number of carbonyl (C=O) groups excluding carboxylic acids is 2. The first kappa shape index (κ1) is 21.7. The van der Waals surface area contributed by atoms with Gasteiger partial charge in [-0.1, -0.05) is 62.9 Å². The maximum atomic E-state index is 12.4. The quantitative estimate of drug-likeness (QED) is 0.336. The molecule has 0 amide bonds. The van der Waals surface area contributed by atoms with E-state index in [4.69, 9.17) is 9.47 Å². The standard InChI is InChI=1S/C24H30O4/c1-3-4-5-6-10-13-21(26)14-20-15-22(16-24(27-2)23(20)17-25)28-18-19-11-8-7-9-12-19/h7-9,11-12,15-17H,3-6,10,13-14,18H2,1-2H3. The summed E-state index contributed by atoms with van der Waals surface area (Å²) in [6, 6.07) is 13.3. The van der Waals surface area contributed by atoms with Crippen molar-refractivity contribution in [2.24, 2.45) is 0 Å². The second kappa shape index (κ2) is 12.0. The Morgan fingerprint density at radius 1 is 1.04 bits per heavy atom. The Morgan fingerprint density at radius 3 is 2.46 bits per heavy atom. The topological polar surface area (TPSA) is 52.6 Å². The summed E-state index contributed by atoms with van der Waals surface area (Å²) in [7, 11) is 1.52. The van der Waals surface area contributed by atoms with Crippen LogP contribution in [0, 0.1) is 0 Å². The monoisotopic (exact) mass is 382 g/mol. The van der Waals surface area contributed by atoms with Crippen molar-refractivity contribution >= 4 is 12.1 Å². The van der Waals surface area contributed by atoms with Crippen LogP contribution in [-0.4, -0.2) is 19.2 Å². The molecule has 0 atom stereocenters. The molecule has 0 radical (unpaired) electrons. The summed E-state index contributed by atoms with van der Waals surface area (Å²) in [6.45, 7) is 2.58. The van der Waals surface area contributed by atoms with Gasteiger partial charge in [0, 0.05) is 18.9 Å². The highest BCUT2D eigenvalue weighted by atomic mass is 16.5. The average Bonchev–Trinajstić information content (AvgIpc) is 2.72. The first-order valence-electron chi connectivity index (χ1n) is 10.0. The Hall–Kier alpha value is -2.62. The van der Waals surface area contributed by atoms with Crippen LogP contribution in [0.25, 0.3) is 0 Å². The fourth-order valence-electron chi connectivity index (χ4n) is 3.16. The molecule has 0 aliphatic heterocycles. The fraction of sp³-hybridized carbons (Fsp3) is 0.417. The summed E-state index contributed by atoms with van der Waals surface area (Å²) in [5, 5.41) is 0. The van der Waals surface area contributed by atoms with Crippen molar-refractivity contribution in [3.05, 3.63) is 59.2 Å². The maximum Gasteiger partial charge on any atom is 0.154 e. The van der Waals surface area contributed by atoms with Gasteiger partial charge in [0.2, 0.25) is 0 Å². The molecule has 0 unspecified atom stereocenters. The molecule has 2 rings (SSSR count). The van der Waals surface area contributed by atoms with Crippen molar-refractivity contribution in [3.63, 3.8) is 0 Å². The van der Waals surface area contributed by atoms with Crippen LogP contribution in [0.1, 0.15) is 66.9 Å². The normalized spacial score (nSPS) is 10.5. The van der Waals surface area contributed by atoms with E-state index >= 15 is 0 Å². The largest absolute Gasteiger partial charge is 0.496 e. The van der Waals surface area contributed by atoms with Crippen LogP contribution in [0.15, 0.2) is 42.5 Å². The van der Waals surface area contributed by atoms with Gasteiger partial charge in [0.05, 0.1) is 12.7 Å². The molecule has 0 aliphatic carbocycles. The molecule has 4 heteroatoms. The van der Waals surface area contributed by atoms with Gasteiger partial charge in [-0.3, -0.25) is 9.59 Å². The fourth-order valence-corrected chi connectivity index (χ4v) is 3.16. The summed E-state index contributed by atoms with van der Waals surface area (Å²) >= 11 is 0. The van der Waals surface area contributed by atoms with Crippen molar-refractivity contribution < 1.29 is 19.1 Å². The van der Waals surface area contributed by atoms with Crippen molar-refractivity contribution in [3.8, 4) is 11.5 Å². The third kappa shape index (κ3) is 6.84. The summed E-state index contributed by atoms with van der Waals surface area (Å²) in [5.41, 5.74) is 2.13. The van der Waals surface area contributed by atoms with Gasteiger partial charge < -0.3 is 9.47 Å². The summed E-state index contributed by atoms with van der Waals surface area (Å²) in [5.74, 6) is 1.17. The predicted molar refractivity (Wildman–Crippen MR) is 111 cm³/mol. The third-order valence-electron chi connectivity index (χ3n) is 4.73. The minimum absolute atomic E-state index is 0.141. The number of benzene rings is 2. The van der Waals surface area contributed by atoms with Gasteiger partial charge >= 0.3 is 0 Å². The van der Waals surface area contributed by atoms with Crippen LogP contribution in [-0.2, 0) is 17.8 Å². The van der Waals surface area contributed by atoms with Gasteiger partial charge in [-0.15, -0.1) is 0 Å². The molecule has 150 valence electrons. The summed E-state index contributed by atoms with van der Waals surface area (Å²) in [4.78, 5) is 24.0. The van der Waals surface area contributed by atoms with E-state index in [2.05, 4.69) is 6.92 Å². The molecule has 2 aromatic rings. The zero-order chi connectivity index (χ0) is 20.2. The Labute approximate surface area is 167 Å². The van der Waals surface area contributed by atoms with E-state index in [1.54, 1.807) is 12.1 Å². The minimum atomic E-state index is 0.141. The summed E-state index contributed by atoms with van der Waals surface area (Å²) in [6.07, 6.45) is 7.05. The van der Waals surface area contributed by atoms with Crippen LogP contribution < -0.4 is 9.47 Å². The molecule has 0 saturated heterocycles. The maximum absolute atomic E-state index is 12.4. The second-order valence-electron chi connectivity index (χ2n) is 6.97. The van der Waals surface area contributed by atoms with Gasteiger partial charge in [-0.05, 0) is 23.6 Å². The van der Waals surface area contributed by atoms with Gasteiger partial charge in [0.25, 0.3) is 0 Å². The third-order valence-corrected chi connectivity index (χ3v) is 4.73. The van der Waals surface area contributed by atoms with Crippen molar-refractivity contribution in [2.75, 3.05) is 7.11 Å². The van der Waals surface area contributed by atoms with E-state index in [0.717, 1.165) is 24.7 Å². The highest BCUT2D eigenvalue weighted by molar-refractivity contribution is 5.88. The molecule has 0 saturated carbocycles. The molecular weight excluding hydrogens is 352 g/mol. The van der Waals surface area contributed by atoms with E-state index in [1.807, 2.05) is 30.3 Å². The van der Waals surface area contributed by atoms with Crippen molar-refractivity contribution in [1.82, 2.24) is 0 Å². The Bertz CT molecular complexity index is 753. The van der Waals surface area contributed by atoms with Crippen LogP contribution in [0.2, 0.25) is 0 Å². The molecule has 0 heterocycles. The molecule has 0 aliphatic rings.